The van der Waals surface area contributed by atoms with Gasteiger partial charge in [-0.05, 0) is 19.5 Å². The van der Waals surface area contributed by atoms with E-state index in [0.717, 1.165) is 0 Å². The number of nitrogens with one attached hydrogen (secondary N) is 2. The van der Waals surface area contributed by atoms with E-state index in [2.05, 4.69) is 10.6 Å². The highest BCUT2D eigenvalue weighted by Gasteiger charge is 2.56. The van der Waals surface area contributed by atoms with E-state index in [1.54, 1.807) is 13.8 Å². The molecule has 0 aromatic carbocycles. The number of likely N-dealkylation sites (N-methyl/N-ethyl adjacent to an activating group) is 1. The van der Waals surface area contributed by atoms with Crippen molar-refractivity contribution in [3.05, 3.63) is 0 Å². The van der Waals surface area contributed by atoms with Gasteiger partial charge in [0.2, 0.25) is 11.7 Å². The number of amides is 1. The van der Waals surface area contributed by atoms with Gasteiger partial charge in [0.25, 0.3) is 0 Å². The SMILES string of the molecule is CN[C@@](C(N)=O)(C(=O)[C@@]1(F)CCNC1)C(C)C.O=C(O)C(F)(F)F. The van der Waals surface area contributed by atoms with E-state index < -0.39 is 41.0 Å². The van der Waals surface area contributed by atoms with Crippen LogP contribution in [0, 0.1) is 5.92 Å². The van der Waals surface area contributed by atoms with Gasteiger partial charge in [-0.25, -0.2) is 9.18 Å². The van der Waals surface area contributed by atoms with Crippen LogP contribution in [0.25, 0.3) is 0 Å². The van der Waals surface area contributed by atoms with Gasteiger partial charge in [0, 0.05) is 13.0 Å². The largest absolute Gasteiger partial charge is 0.490 e. The van der Waals surface area contributed by atoms with Gasteiger partial charge in [-0.1, -0.05) is 13.8 Å². The average Bonchev–Trinajstić information content (AvgIpc) is 2.87. The summed E-state index contributed by atoms with van der Waals surface area (Å²) in [6.45, 7) is 3.71. The molecule has 11 heteroatoms. The highest BCUT2D eigenvalue weighted by atomic mass is 19.4. The molecule has 1 heterocycles. The lowest BCUT2D eigenvalue weighted by Crippen LogP contribution is -2.68. The van der Waals surface area contributed by atoms with Gasteiger partial charge in [0.1, 0.15) is 0 Å². The number of carbonyl (C=O) groups is 3. The zero-order valence-electron chi connectivity index (χ0n) is 13.5. The molecule has 0 unspecified atom stereocenters. The van der Waals surface area contributed by atoms with Gasteiger partial charge in [-0.15, -0.1) is 0 Å². The predicted octanol–water partition coefficient (Wildman–Crippen LogP) is -0.0101. The molecule has 0 aromatic heterocycles. The van der Waals surface area contributed by atoms with Crippen LogP contribution in [0.5, 0.6) is 0 Å². The third-order valence-corrected chi connectivity index (χ3v) is 3.76. The van der Waals surface area contributed by atoms with Crippen molar-refractivity contribution in [1.29, 1.82) is 0 Å². The monoisotopic (exact) mass is 359 g/mol. The van der Waals surface area contributed by atoms with E-state index in [-0.39, 0.29) is 13.0 Å². The Morgan fingerprint density at radius 3 is 1.96 bits per heavy atom. The number of hydrogen-bond donors (Lipinski definition) is 4. The molecule has 1 aliphatic heterocycles. The number of carboxylic acid groups (broad SMARTS) is 1. The van der Waals surface area contributed by atoms with Crippen molar-refractivity contribution < 1.29 is 37.1 Å². The number of aliphatic carboxylic acids is 1. The van der Waals surface area contributed by atoms with E-state index in [0.29, 0.717) is 6.54 Å². The summed E-state index contributed by atoms with van der Waals surface area (Å²) in [4.78, 5) is 32.8. The molecule has 5 N–H and O–H groups in total. The van der Waals surface area contributed by atoms with Gasteiger partial charge in [0.15, 0.2) is 11.2 Å². The van der Waals surface area contributed by atoms with Crippen LogP contribution in [-0.4, -0.2) is 60.3 Å². The summed E-state index contributed by atoms with van der Waals surface area (Å²) in [7, 11) is 1.45. The number of nitrogens with two attached hydrogens (primary N) is 1. The molecular formula is C13H21F4N3O4. The fourth-order valence-corrected chi connectivity index (χ4v) is 2.39. The Labute approximate surface area is 135 Å². The minimum atomic E-state index is -5.08. The van der Waals surface area contributed by atoms with Crippen molar-refractivity contribution in [2.45, 2.75) is 37.7 Å². The van der Waals surface area contributed by atoms with Crippen molar-refractivity contribution >= 4 is 17.7 Å². The number of alkyl halides is 4. The maximum Gasteiger partial charge on any atom is 0.490 e. The normalized spacial score (nSPS) is 23.2. The second-order valence-electron chi connectivity index (χ2n) is 5.60. The minimum Gasteiger partial charge on any atom is -0.475 e. The van der Waals surface area contributed by atoms with Crippen molar-refractivity contribution in [2.75, 3.05) is 20.1 Å². The lowest BCUT2D eigenvalue weighted by atomic mass is 9.75. The molecule has 1 rings (SSSR count). The second kappa shape index (κ2) is 7.88. The van der Waals surface area contributed by atoms with Crippen molar-refractivity contribution in [3.8, 4) is 0 Å². The van der Waals surface area contributed by atoms with Crippen LogP contribution in [0.1, 0.15) is 20.3 Å². The van der Waals surface area contributed by atoms with Gasteiger partial charge in [0.05, 0.1) is 0 Å². The van der Waals surface area contributed by atoms with Crippen molar-refractivity contribution in [1.82, 2.24) is 10.6 Å². The fourth-order valence-electron chi connectivity index (χ4n) is 2.39. The molecule has 0 aromatic rings. The number of carbonyl (C=O) groups excluding carboxylic acids is 2. The van der Waals surface area contributed by atoms with Crippen molar-refractivity contribution in [2.24, 2.45) is 11.7 Å². The van der Waals surface area contributed by atoms with Crippen LogP contribution in [0.2, 0.25) is 0 Å². The summed E-state index contributed by atoms with van der Waals surface area (Å²) in [5, 5.41) is 12.5. The van der Waals surface area contributed by atoms with Crippen molar-refractivity contribution in [3.63, 3.8) is 0 Å². The number of carboxylic acids is 1. The average molecular weight is 359 g/mol. The number of hydrogen-bond acceptors (Lipinski definition) is 5. The fraction of sp³-hybridized carbons (Fsp3) is 0.769. The Bertz CT molecular complexity index is 490. The Kier molecular flexibility index (Phi) is 7.31. The summed E-state index contributed by atoms with van der Waals surface area (Å²) in [6, 6.07) is 0. The number of primary amides is 1. The molecule has 1 fully saturated rings. The summed E-state index contributed by atoms with van der Waals surface area (Å²) in [5.41, 5.74) is 1.65. The minimum absolute atomic E-state index is 0.0603. The zero-order chi connectivity index (χ0) is 19.3. The van der Waals surface area contributed by atoms with E-state index in [1.807, 2.05) is 0 Å². The molecule has 1 saturated heterocycles. The molecule has 140 valence electrons. The highest BCUT2D eigenvalue weighted by molar-refractivity contribution is 6.14. The Balaban J connectivity index is 0.000000640. The molecule has 0 aliphatic carbocycles. The third-order valence-electron chi connectivity index (χ3n) is 3.76. The first-order valence-electron chi connectivity index (χ1n) is 6.99. The predicted molar refractivity (Wildman–Crippen MR) is 75.8 cm³/mol. The first kappa shape index (κ1) is 22.2. The van der Waals surface area contributed by atoms with Gasteiger partial charge in [-0.2, -0.15) is 13.2 Å². The van der Waals surface area contributed by atoms with E-state index in [4.69, 9.17) is 15.6 Å². The molecule has 2 atom stereocenters. The van der Waals surface area contributed by atoms with Gasteiger partial charge >= 0.3 is 12.1 Å². The summed E-state index contributed by atoms with van der Waals surface area (Å²) in [5.74, 6) is -4.76. The third kappa shape index (κ3) is 4.63. The standard InChI is InChI=1S/C11H20FN3O2.C2HF3O2/c1-7(2)11(14-3,9(13)17)8(16)10(12)4-5-15-6-10;3-2(4,5)1(6)7/h7,14-15H,4-6H2,1-3H3,(H2,13,17);(H,6,7)/t10-,11-;/m1./s1. The molecule has 0 saturated carbocycles. The van der Waals surface area contributed by atoms with Crippen LogP contribution in [0.4, 0.5) is 17.6 Å². The van der Waals surface area contributed by atoms with Crippen LogP contribution in [0.3, 0.4) is 0 Å². The van der Waals surface area contributed by atoms with E-state index in [1.165, 1.54) is 7.05 Å². The van der Waals surface area contributed by atoms with Gasteiger partial charge in [-0.3, -0.25) is 14.9 Å². The lowest BCUT2D eigenvalue weighted by Gasteiger charge is -2.36. The second-order valence-corrected chi connectivity index (χ2v) is 5.60. The number of rotatable bonds is 5. The number of halogens is 4. The maximum absolute atomic E-state index is 14.4. The van der Waals surface area contributed by atoms with Crippen LogP contribution >= 0.6 is 0 Å². The molecule has 1 aliphatic rings. The van der Waals surface area contributed by atoms with Crippen LogP contribution < -0.4 is 16.4 Å². The smallest absolute Gasteiger partial charge is 0.475 e. The lowest BCUT2D eigenvalue weighted by molar-refractivity contribution is -0.192. The highest BCUT2D eigenvalue weighted by Crippen LogP contribution is 2.30. The topological polar surface area (TPSA) is 122 Å². The maximum atomic E-state index is 14.4. The molecule has 7 nitrogen and oxygen atoms in total. The zero-order valence-corrected chi connectivity index (χ0v) is 13.5. The van der Waals surface area contributed by atoms with E-state index >= 15 is 0 Å². The molecule has 0 spiro atoms. The number of Topliss-reactive ketones (excluding diaryl/α,β-unsaturated/α-hetero) is 1. The first-order chi connectivity index (χ1) is 10.8. The quantitative estimate of drug-likeness (QED) is 0.405. The Morgan fingerprint density at radius 2 is 1.75 bits per heavy atom. The summed E-state index contributed by atoms with van der Waals surface area (Å²) in [6.07, 6.45) is -5.00. The molecular weight excluding hydrogens is 338 g/mol. The first-order valence-corrected chi connectivity index (χ1v) is 6.99. The molecule has 0 radical (unpaired) electrons. The van der Waals surface area contributed by atoms with Crippen LogP contribution in [-0.2, 0) is 14.4 Å². The molecule has 1 amide bonds. The molecule has 0 bridgehead atoms. The van der Waals surface area contributed by atoms with Gasteiger partial charge < -0.3 is 16.2 Å². The Morgan fingerprint density at radius 1 is 1.29 bits per heavy atom. The van der Waals surface area contributed by atoms with E-state index in [9.17, 15) is 27.2 Å². The van der Waals surface area contributed by atoms with Crippen LogP contribution in [0.15, 0.2) is 0 Å². The number of ketones is 1. The summed E-state index contributed by atoms with van der Waals surface area (Å²) >= 11 is 0. The summed E-state index contributed by atoms with van der Waals surface area (Å²) < 4.78 is 46.2. The Hall–Kier alpha value is -1.75. The molecule has 24 heavy (non-hydrogen) atoms.